The Bertz CT molecular complexity index is 414. The molecule has 0 spiro atoms. The van der Waals surface area contributed by atoms with Crippen molar-refractivity contribution >= 4 is 5.91 Å². The zero-order valence-electron chi connectivity index (χ0n) is 11.4. The Morgan fingerprint density at radius 1 is 1.47 bits per heavy atom. The van der Waals surface area contributed by atoms with Crippen molar-refractivity contribution < 1.29 is 9.53 Å². The molecule has 1 amide bonds. The Kier molecular flexibility index (Phi) is 5.21. The molecule has 4 heteroatoms. The summed E-state index contributed by atoms with van der Waals surface area (Å²) < 4.78 is 5.28. The molecule has 0 aliphatic carbocycles. The molecule has 1 aromatic carbocycles. The fraction of sp³-hybridized carbons (Fsp3) is 0.533. The van der Waals surface area contributed by atoms with Gasteiger partial charge in [-0.3, -0.25) is 4.79 Å². The lowest BCUT2D eigenvalue weighted by Gasteiger charge is -2.12. The molecular formula is C15H22N2O2. The minimum absolute atomic E-state index is 0.111. The fourth-order valence-electron chi connectivity index (χ4n) is 2.41. The van der Waals surface area contributed by atoms with Crippen LogP contribution in [0.1, 0.15) is 24.8 Å². The average Bonchev–Trinajstić information content (AvgIpc) is 2.96. The summed E-state index contributed by atoms with van der Waals surface area (Å²) in [5.74, 6) is 0.965. The molecule has 2 rings (SSSR count). The van der Waals surface area contributed by atoms with Gasteiger partial charge in [-0.05, 0) is 37.4 Å². The number of para-hydroxylation sites is 1. The van der Waals surface area contributed by atoms with Crippen molar-refractivity contribution in [3.63, 3.8) is 0 Å². The maximum Gasteiger partial charge on any atom is 0.220 e. The predicted molar refractivity (Wildman–Crippen MR) is 75.3 cm³/mol. The molecule has 0 saturated carbocycles. The summed E-state index contributed by atoms with van der Waals surface area (Å²) in [7, 11) is 1.66. The molecule has 1 aromatic rings. The highest BCUT2D eigenvalue weighted by Gasteiger charge is 2.14. The molecule has 1 atom stereocenters. The summed E-state index contributed by atoms with van der Waals surface area (Å²) in [6, 6.07) is 8.29. The van der Waals surface area contributed by atoms with E-state index in [9.17, 15) is 4.79 Å². The van der Waals surface area contributed by atoms with Crippen molar-refractivity contribution in [2.75, 3.05) is 20.2 Å². The minimum Gasteiger partial charge on any atom is -0.496 e. The highest BCUT2D eigenvalue weighted by molar-refractivity contribution is 5.76. The van der Waals surface area contributed by atoms with Crippen LogP contribution >= 0.6 is 0 Å². The van der Waals surface area contributed by atoms with Gasteiger partial charge < -0.3 is 15.4 Å². The largest absolute Gasteiger partial charge is 0.496 e. The molecule has 1 aliphatic heterocycles. The van der Waals surface area contributed by atoms with Crippen molar-refractivity contribution in [3.05, 3.63) is 29.8 Å². The van der Waals surface area contributed by atoms with Crippen LogP contribution in [0.15, 0.2) is 24.3 Å². The number of carbonyl (C=O) groups is 1. The molecule has 104 valence electrons. The maximum absolute atomic E-state index is 11.8. The van der Waals surface area contributed by atoms with Crippen molar-refractivity contribution in [2.24, 2.45) is 0 Å². The molecule has 2 N–H and O–H groups in total. The third-order valence-electron chi connectivity index (χ3n) is 3.52. The smallest absolute Gasteiger partial charge is 0.220 e. The first-order chi connectivity index (χ1) is 9.29. The van der Waals surface area contributed by atoms with Crippen LogP contribution in [0.3, 0.4) is 0 Å². The third kappa shape index (κ3) is 4.24. The lowest BCUT2D eigenvalue weighted by atomic mass is 10.1. The Morgan fingerprint density at radius 2 is 2.32 bits per heavy atom. The van der Waals surface area contributed by atoms with Gasteiger partial charge in [0, 0.05) is 19.0 Å². The van der Waals surface area contributed by atoms with Crippen LogP contribution in [0, 0.1) is 0 Å². The first-order valence-electron chi connectivity index (χ1n) is 6.91. The molecule has 4 nitrogen and oxygen atoms in total. The van der Waals surface area contributed by atoms with Crippen molar-refractivity contribution in [3.8, 4) is 5.75 Å². The topological polar surface area (TPSA) is 50.4 Å². The summed E-state index contributed by atoms with van der Waals surface area (Å²) in [6.45, 7) is 1.81. The Labute approximate surface area is 114 Å². The second kappa shape index (κ2) is 7.14. The van der Waals surface area contributed by atoms with Gasteiger partial charge in [-0.15, -0.1) is 0 Å². The molecule has 0 aromatic heterocycles. The number of hydrogen-bond donors (Lipinski definition) is 2. The quantitative estimate of drug-likeness (QED) is 0.817. The monoisotopic (exact) mass is 262 g/mol. The first-order valence-corrected chi connectivity index (χ1v) is 6.91. The maximum atomic E-state index is 11.8. The van der Waals surface area contributed by atoms with E-state index in [1.54, 1.807) is 7.11 Å². The summed E-state index contributed by atoms with van der Waals surface area (Å²) in [4.78, 5) is 11.8. The van der Waals surface area contributed by atoms with E-state index < -0.39 is 0 Å². The van der Waals surface area contributed by atoms with Gasteiger partial charge in [-0.25, -0.2) is 0 Å². The number of methoxy groups -OCH3 is 1. The molecule has 1 heterocycles. The molecule has 1 unspecified atom stereocenters. The fourth-order valence-corrected chi connectivity index (χ4v) is 2.41. The van der Waals surface area contributed by atoms with E-state index in [0.29, 0.717) is 18.9 Å². The van der Waals surface area contributed by atoms with E-state index in [2.05, 4.69) is 10.6 Å². The van der Waals surface area contributed by atoms with Gasteiger partial charge in [0.05, 0.1) is 7.11 Å². The lowest BCUT2D eigenvalue weighted by molar-refractivity contribution is -0.121. The van der Waals surface area contributed by atoms with Gasteiger partial charge in [0.1, 0.15) is 5.75 Å². The highest BCUT2D eigenvalue weighted by Crippen LogP contribution is 2.18. The van der Waals surface area contributed by atoms with Gasteiger partial charge >= 0.3 is 0 Å². The van der Waals surface area contributed by atoms with Crippen molar-refractivity contribution in [1.82, 2.24) is 10.6 Å². The molecule has 1 fully saturated rings. The average molecular weight is 262 g/mol. The summed E-state index contributed by atoms with van der Waals surface area (Å²) in [5.41, 5.74) is 1.08. The Balaban J connectivity index is 1.73. The molecule has 1 aliphatic rings. The van der Waals surface area contributed by atoms with E-state index in [4.69, 9.17) is 4.74 Å². The SMILES string of the molecule is COc1ccccc1CCC(=O)NCC1CCCN1. The number of aryl methyl sites for hydroxylation is 1. The first kappa shape index (κ1) is 13.9. The van der Waals surface area contributed by atoms with E-state index in [-0.39, 0.29) is 5.91 Å². The second-order valence-electron chi connectivity index (χ2n) is 4.91. The standard InChI is InChI=1S/C15H22N2O2/c1-19-14-7-3-2-5-12(14)8-9-15(18)17-11-13-6-4-10-16-13/h2-3,5,7,13,16H,4,6,8-11H2,1H3,(H,17,18). The van der Waals surface area contributed by atoms with E-state index >= 15 is 0 Å². The van der Waals surface area contributed by atoms with E-state index in [1.165, 1.54) is 6.42 Å². The van der Waals surface area contributed by atoms with Crippen LogP contribution in [-0.4, -0.2) is 32.1 Å². The molecular weight excluding hydrogens is 240 g/mol. The third-order valence-corrected chi connectivity index (χ3v) is 3.52. The summed E-state index contributed by atoms with van der Waals surface area (Å²) in [5, 5.41) is 6.36. The van der Waals surface area contributed by atoms with Gasteiger partial charge in [-0.1, -0.05) is 18.2 Å². The van der Waals surface area contributed by atoms with Gasteiger partial charge in [0.2, 0.25) is 5.91 Å². The van der Waals surface area contributed by atoms with Crippen LogP contribution < -0.4 is 15.4 Å². The summed E-state index contributed by atoms with van der Waals surface area (Å²) >= 11 is 0. The number of benzene rings is 1. The van der Waals surface area contributed by atoms with E-state index in [0.717, 1.165) is 30.8 Å². The number of amides is 1. The minimum atomic E-state index is 0.111. The molecule has 0 radical (unpaired) electrons. The van der Waals surface area contributed by atoms with Crippen molar-refractivity contribution in [1.29, 1.82) is 0 Å². The number of nitrogens with one attached hydrogen (secondary N) is 2. The van der Waals surface area contributed by atoms with Crippen LogP contribution in [0.4, 0.5) is 0 Å². The molecule has 19 heavy (non-hydrogen) atoms. The number of carbonyl (C=O) groups excluding carboxylic acids is 1. The molecule has 1 saturated heterocycles. The number of ether oxygens (including phenoxy) is 1. The van der Waals surface area contributed by atoms with Crippen LogP contribution in [0.2, 0.25) is 0 Å². The Morgan fingerprint density at radius 3 is 3.05 bits per heavy atom. The van der Waals surface area contributed by atoms with Crippen LogP contribution in [0.5, 0.6) is 5.75 Å². The predicted octanol–water partition coefficient (Wildman–Crippen LogP) is 1.50. The van der Waals surface area contributed by atoms with Crippen LogP contribution in [-0.2, 0) is 11.2 Å². The zero-order valence-corrected chi connectivity index (χ0v) is 11.4. The normalized spacial score (nSPS) is 18.3. The van der Waals surface area contributed by atoms with Crippen LogP contribution in [0.25, 0.3) is 0 Å². The zero-order chi connectivity index (χ0) is 13.5. The number of rotatable bonds is 6. The summed E-state index contributed by atoms with van der Waals surface area (Å²) in [6.07, 6.45) is 3.59. The Hall–Kier alpha value is -1.55. The van der Waals surface area contributed by atoms with Gasteiger partial charge in [0.25, 0.3) is 0 Å². The van der Waals surface area contributed by atoms with Gasteiger partial charge in [0.15, 0.2) is 0 Å². The second-order valence-corrected chi connectivity index (χ2v) is 4.91. The lowest BCUT2D eigenvalue weighted by Crippen LogP contribution is -2.37. The molecule has 0 bridgehead atoms. The van der Waals surface area contributed by atoms with E-state index in [1.807, 2.05) is 24.3 Å². The highest BCUT2D eigenvalue weighted by atomic mass is 16.5. The van der Waals surface area contributed by atoms with Gasteiger partial charge in [-0.2, -0.15) is 0 Å². The van der Waals surface area contributed by atoms with Crippen molar-refractivity contribution in [2.45, 2.75) is 31.7 Å². The number of hydrogen-bond acceptors (Lipinski definition) is 3.